The maximum atomic E-state index is 11.7. The van der Waals surface area contributed by atoms with E-state index in [1.54, 1.807) is 12.1 Å². The summed E-state index contributed by atoms with van der Waals surface area (Å²) in [6, 6.07) is 13.6. The van der Waals surface area contributed by atoms with Crippen molar-refractivity contribution in [3.8, 4) is 0 Å². The van der Waals surface area contributed by atoms with Gasteiger partial charge in [-0.05, 0) is 30.2 Å². The van der Waals surface area contributed by atoms with E-state index in [0.717, 1.165) is 11.1 Å². The van der Waals surface area contributed by atoms with Gasteiger partial charge in [-0.2, -0.15) is 5.10 Å². The number of nitrogens with one attached hydrogen (secondary N) is 1. The van der Waals surface area contributed by atoms with Crippen molar-refractivity contribution in [1.29, 1.82) is 0 Å². The highest BCUT2D eigenvalue weighted by Crippen LogP contribution is 2.10. The van der Waals surface area contributed by atoms with Crippen LogP contribution in [0.2, 0.25) is 0 Å². The predicted octanol–water partition coefficient (Wildman–Crippen LogP) is 2.60. The summed E-state index contributed by atoms with van der Waals surface area (Å²) in [5.41, 5.74) is 5.16. The molecule has 0 radical (unpaired) electrons. The molecule has 0 spiro atoms. The number of amides is 1. The second-order valence-corrected chi connectivity index (χ2v) is 4.80. The molecule has 0 aliphatic rings. The van der Waals surface area contributed by atoms with E-state index in [9.17, 15) is 14.9 Å². The van der Waals surface area contributed by atoms with Crippen LogP contribution >= 0.6 is 0 Å². The molecule has 2 aromatic carbocycles. The lowest BCUT2D eigenvalue weighted by Gasteiger charge is -2.01. The molecule has 6 heteroatoms. The molecule has 1 N–H and O–H groups in total. The summed E-state index contributed by atoms with van der Waals surface area (Å²) in [5.74, 6) is -0.220. The molecule has 0 bridgehead atoms. The van der Waals surface area contributed by atoms with E-state index in [1.165, 1.54) is 18.3 Å². The van der Waals surface area contributed by atoms with Gasteiger partial charge in [0.15, 0.2) is 0 Å². The number of carbonyl (C=O) groups is 1. The molecule has 0 fully saturated rings. The maximum Gasteiger partial charge on any atom is 0.269 e. The molecular weight excluding hydrogens is 282 g/mol. The zero-order chi connectivity index (χ0) is 15.9. The minimum Gasteiger partial charge on any atom is -0.273 e. The van der Waals surface area contributed by atoms with Gasteiger partial charge in [0.2, 0.25) is 5.91 Å². The number of carbonyl (C=O) groups excluding carboxylic acids is 1. The van der Waals surface area contributed by atoms with Gasteiger partial charge >= 0.3 is 0 Å². The number of aryl methyl sites for hydroxylation is 1. The Morgan fingerprint density at radius 3 is 2.41 bits per heavy atom. The summed E-state index contributed by atoms with van der Waals surface area (Å²) in [6.45, 7) is 1.98. The summed E-state index contributed by atoms with van der Waals surface area (Å²) in [5, 5.41) is 14.4. The van der Waals surface area contributed by atoms with Crippen LogP contribution in [0.3, 0.4) is 0 Å². The zero-order valence-electron chi connectivity index (χ0n) is 12.0. The summed E-state index contributed by atoms with van der Waals surface area (Å²) in [6.07, 6.45) is 1.69. The Morgan fingerprint density at radius 1 is 1.18 bits per heavy atom. The topological polar surface area (TPSA) is 84.6 Å². The van der Waals surface area contributed by atoms with Gasteiger partial charge in [0.1, 0.15) is 0 Å². The number of nitro groups is 1. The van der Waals surface area contributed by atoms with E-state index in [1.807, 2.05) is 31.2 Å². The van der Waals surface area contributed by atoms with Crippen LogP contribution in [0.15, 0.2) is 53.6 Å². The Labute approximate surface area is 127 Å². The van der Waals surface area contributed by atoms with E-state index >= 15 is 0 Å². The first-order chi connectivity index (χ1) is 10.5. The Bertz CT molecular complexity index is 692. The quantitative estimate of drug-likeness (QED) is 0.523. The van der Waals surface area contributed by atoms with Crippen molar-refractivity contribution in [2.45, 2.75) is 13.3 Å². The molecule has 0 heterocycles. The van der Waals surface area contributed by atoms with Crippen LogP contribution in [0, 0.1) is 17.0 Å². The first kappa shape index (κ1) is 15.4. The molecule has 0 aliphatic carbocycles. The molecule has 112 valence electrons. The van der Waals surface area contributed by atoms with Crippen LogP contribution in [-0.2, 0) is 11.2 Å². The number of nitro benzene ring substituents is 1. The summed E-state index contributed by atoms with van der Waals surface area (Å²) in [4.78, 5) is 21.8. The summed E-state index contributed by atoms with van der Waals surface area (Å²) in [7, 11) is 0. The minimum absolute atomic E-state index is 0.0144. The van der Waals surface area contributed by atoms with Crippen molar-refractivity contribution >= 4 is 17.8 Å². The van der Waals surface area contributed by atoms with Crippen LogP contribution in [0.1, 0.15) is 16.7 Å². The number of hydrazone groups is 1. The molecule has 0 aromatic heterocycles. The van der Waals surface area contributed by atoms with Crippen LogP contribution in [-0.4, -0.2) is 17.0 Å². The van der Waals surface area contributed by atoms with Gasteiger partial charge in [-0.1, -0.05) is 29.8 Å². The lowest BCUT2D eigenvalue weighted by atomic mass is 10.1. The maximum absolute atomic E-state index is 11.7. The molecule has 1 amide bonds. The van der Waals surface area contributed by atoms with E-state index in [2.05, 4.69) is 10.5 Å². The SMILES string of the molecule is Cc1ccc(CC(=O)NN=Cc2ccc([N+](=O)[O-])cc2)cc1. The predicted molar refractivity (Wildman–Crippen MR) is 83.7 cm³/mol. The standard InChI is InChI=1S/C16H15N3O3/c1-12-2-4-13(5-3-12)10-16(20)18-17-11-14-6-8-15(9-7-14)19(21)22/h2-9,11H,10H2,1H3,(H,18,20). The van der Waals surface area contributed by atoms with E-state index in [0.29, 0.717) is 5.56 Å². The first-order valence-electron chi connectivity index (χ1n) is 6.66. The fourth-order valence-electron chi connectivity index (χ4n) is 1.79. The van der Waals surface area contributed by atoms with Gasteiger partial charge in [-0.15, -0.1) is 0 Å². The number of hydrogen-bond acceptors (Lipinski definition) is 4. The Morgan fingerprint density at radius 2 is 1.82 bits per heavy atom. The fourth-order valence-corrected chi connectivity index (χ4v) is 1.79. The molecule has 6 nitrogen and oxygen atoms in total. The zero-order valence-corrected chi connectivity index (χ0v) is 12.0. The smallest absolute Gasteiger partial charge is 0.269 e. The van der Waals surface area contributed by atoms with Gasteiger partial charge in [0.05, 0.1) is 17.6 Å². The minimum atomic E-state index is -0.468. The van der Waals surface area contributed by atoms with Gasteiger partial charge in [0.25, 0.3) is 5.69 Å². The van der Waals surface area contributed by atoms with Crippen molar-refractivity contribution in [2.24, 2.45) is 5.10 Å². The molecule has 2 rings (SSSR count). The third-order valence-corrected chi connectivity index (χ3v) is 2.99. The van der Waals surface area contributed by atoms with Crippen LogP contribution in [0.4, 0.5) is 5.69 Å². The van der Waals surface area contributed by atoms with Crippen LogP contribution < -0.4 is 5.43 Å². The molecule has 0 saturated carbocycles. The molecule has 0 saturated heterocycles. The molecule has 2 aromatic rings. The van der Waals surface area contributed by atoms with Crippen LogP contribution in [0.5, 0.6) is 0 Å². The number of nitrogens with zero attached hydrogens (tertiary/aromatic N) is 2. The van der Waals surface area contributed by atoms with E-state index in [-0.39, 0.29) is 18.0 Å². The Kier molecular flexibility index (Phi) is 4.98. The van der Waals surface area contributed by atoms with E-state index < -0.39 is 4.92 Å². The highest BCUT2D eigenvalue weighted by atomic mass is 16.6. The molecule has 0 unspecified atom stereocenters. The number of benzene rings is 2. The van der Waals surface area contributed by atoms with Crippen molar-refractivity contribution in [1.82, 2.24) is 5.43 Å². The number of hydrogen-bond donors (Lipinski definition) is 1. The average molecular weight is 297 g/mol. The first-order valence-corrected chi connectivity index (χ1v) is 6.66. The van der Waals surface area contributed by atoms with Crippen molar-refractivity contribution in [2.75, 3.05) is 0 Å². The van der Waals surface area contributed by atoms with Gasteiger partial charge in [-0.25, -0.2) is 5.43 Å². The summed E-state index contributed by atoms with van der Waals surface area (Å²) < 4.78 is 0. The van der Waals surface area contributed by atoms with Gasteiger partial charge < -0.3 is 0 Å². The number of rotatable bonds is 5. The Balaban J connectivity index is 1.87. The van der Waals surface area contributed by atoms with E-state index in [4.69, 9.17) is 0 Å². The largest absolute Gasteiger partial charge is 0.273 e. The second-order valence-electron chi connectivity index (χ2n) is 4.80. The molecule has 0 atom stereocenters. The normalized spacial score (nSPS) is 10.6. The second kappa shape index (κ2) is 7.12. The lowest BCUT2D eigenvalue weighted by molar-refractivity contribution is -0.384. The highest BCUT2D eigenvalue weighted by molar-refractivity contribution is 5.83. The van der Waals surface area contributed by atoms with Crippen molar-refractivity contribution in [3.05, 3.63) is 75.3 Å². The highest BCUT2D eigenvalue weighted by Gasteiger charge is 2.03. The molecular formula is C16H15N3O3. The summed E-state index contributed by atoms with van der Waals surface area (Å²) >= 11 is 0. The van der Waals surface area contributed by atoms with Crippen LogP contribution in [0.25, 0.3) is 0 Å². The van der Waals surface area contributed by atoms with Gasteiger partial charge in [-0.3, -0.25) is 14.9 Å². The third-order valence-electron chi connectivity index (χ3n) is 2.99. The van der Waals surface area contributed by atoms with Crippen molar-refractivity contribution in [3.63, 3.8) is 0 Å². The Hall–Kier alpha value is -3.02. The van der Waals surface area contributed by atoms with Gasteiger partial charge in [0, 0.05) is 12.1 Å². The number of non-ortho nitro benzene ring substituents is 1. The average Bonchev–Trinajstić information content (AvgIpc) is 2.50. The lowest BCUT2D eigenvalue weighted by Crippen LogP contribution is -2.19. The molecule has 22 heavy (non-hydrogen) atoms. The third kappa shape index (κ3) is 4.52. The fraction of sp³-hybridized carbons (Fsp3) is 0.125. The monoisotopic (exact) mass is 297 g/mol. The molecule has 0 aliphatic heterocycles. The van der Waals surface area contributed by atoms with Crippen molar-refractivity contribution < 1.29 is 9.72 Å².